The summed E-state index contributed by atoms with van der Waals surface area (Å²) in [6.45, 7) is 3.21. The summed E-state index contributed by atoms with van der Waals surface area (Å²) in [7, 11) is 1.54. The molecule has 7 nitrogen and oxygen atoms in total. The number of amides is 1. The second kappa shape index (κ2) is 8.44. The van der Waals surface area contributed by atoms with Crippen molar-refractivity contribution in [1.29, 1.82) is 0 Å². The summed E-state index contributed by atoms with van der Waals surface area (Å²) in [4.78, 5) is 25.3. The van der Waals surface area contributed by atoms with Gasteiger partial charge in [-0.1, -0.05) is 6.92 Å². The number of aromatic nitrogens is 2. The van der Waals surface area contributed by atoms with Crippen LogP contribution in [0.25, 0.3) is 0 Å². The van der Waals surface area contributed by atoms with Gasteiger partial charge in [0.25, 0.3) is 11.5 Å². The Morgan fingerprint density at radius 3 is 2.80 bits per heavy atom. The van der Waals surface area contributed by atoms with E-state index in [9.17, 15) is 9.59 Å². The van der Waals surface area contributed by atoms with Gasteiger partial charge in [0.1, 0.15) is 5.69 Å². The number of carbonyl (C=O) groups is 1. The molecule has 20 heavy (non-hydrogen) atoms. The van der Waals surface area contributed by atoms with Gasteiger partial charge in [-0.05, 0) is 12.5 Å². The van der Waals surface area contributed by atoms with Crippen LogP contribution in [0.2, 0.25) is 0 Å². The maximum atomic E-state index is 12.3. The van der Waals surface area contributed by atoms with Gasteiger partial charge in [0.05, 0.1) is 13.2 Å². The van der Waals surface area contributed by atoms with Gasteiger partial charge in [-0.25, -0.2) is 4.68 Å². The summed E-state index contributed by atoms with van der Waals surface area (Å²) in [6.07, 6.45) is 0.759. The van der Waals surface area contributed by atoms with E-state index >= 15 is 0 Å². The topological polar surface area (TPSA) is 84.7 Å². The fraction of sp³-hybridized carbons (Fsp3) is 0.615. The maximum Gasteiger partial charge on any atom is 0.274 e. The number of aryl methyl sites for hydroxylation is 1. The Kier molecular flexibility index (Phi) is 6.89. The zero-order valence-corrected chi connectivity index (χ0v) is 11.9. The molecule has 112 valence electrons. The number of carbonyl (C=O) groups excluding carboxylic acids is 1. The number of aliphatic hydroxyl groups is 1. The molecule has 0 spiro atoms. The lowest BCUT2D eigenvalue weighted by Gasteiger charge is -2.21. The van der Waals surface area contributed by atoms with Crippen LogP contribution in [0.3, 0.4) is 0 Å². The zero-order chi connectivity index (χ0) is 15.0. The predicted molar refractivity (Wildman–Crippen MR) is 73.7 cm³/mol. The molecule has 0 bridgehead atoms. The van der Waals surface area contributed by atoms with Crippen LogP contribution in [0.15, 0.2) is 16.9 Å². The summed E-state index contributed by atoms with van der Waals surface area (Å²) in [6, 6.07) is 2.75. The molecule has 0 saturated carbocycles. The van der Waals surface area contributed by atoms with E-state index in [1.165, 1.54) is 21.7 Å². The van der Waals surface area contributed by atoms with Crippen molar-refractivity contribution in [3.05, 3.63) is 28.2 Å². The highest BCUT2D eigenvalue weighted by Crippen LogP contribution is 2.00. The smallest absolute Gasteiger partial charge is 0.274 e. The molecule has 1 aromatic heterocycles. The lowest BCUT2D eigenvalue weighted by Crippen LogP contribution is -2.38. The third-order valence-corrected chi connectivity index (χ3v) is 2.74. The molecule has 0 aliphatic carbocycles. The monoisotopic (exact) mass is 283 g/mol. The average molecular weight is 283 g/mol. The quantitative estimate of drug-likeness (QED) is 0.710. The number of hydrogen-bond donors (Lipinski definition) is 1. The highest BCUT2D eigenvalue weighted by molar-refractivity contribution is 5.92. The van der Waals surface area contributed by atoms with Crippen LogP contribution in [0, 0.1) is 0 Å². The maximum absolute atomic E-state index is 12.3. The number of ether oxygens (including phenoxy) is 1. The molecule has 1 rings (SSSR count). The summed E-state index contributed by atoms with van der Waals surface area (Å²) in [5, 5.41) is 13.1. The molecule has 0 aliphatic rings. The first-order valence-electron chi connectivity index (χ1n) is 6.61. The Hall–Kier alpha value is -1.73. The molecule has 1 heterocycles. The Labute approximate surface area is 117 Å². The molecule has 0 saturated heterocycles. The molecule has 1 amide bonds. The lowest BCUT2D eigenvalue weighted by atomic mass is 10.3. The van der Waals surface area contributed by atoms with E-state index in [-0.39, 0.29) is 30.3 Å². The summed E-state index contributed by atoms with van der Waals surface area (Å²) in [5.74, 6) is -0.319. The first-order chi connectivity index (χ1) is 9.63. The molecule has 0 aliphatic heterocycles. The lowest BCUT2D eigenvalue weighted by molar-refractivity contribution is 0.0648. The van der Waals surface area contributed by atoms with Gasteiger partial charge in [0.2, 0.25) is 0 Å². The van der Waals surface area contributed by atoms with E-state index in [0.717, 1.165) is 6.42 Å². The summed E-state index contributed by atoms with van der Waals surface area (Å²) >= 11 is 0. The van der Waals surface area contributed by atoms with Gasteiger partial charge in [0, 0.05) is 32.8 Å². The zero-order valence-electron chi connectivity index (χ0n) is 11.9. The molecule has 1 N–H and O–H groups in total. The molecule has 1 aromatic rings. The molecule has 0 unspecified atom stereocenters. The van der Waals surface area contributed by atoms with E-state index < -0.39 is 0 Å². The van der Waals surface area contributed by atoms with Gasteiger partial charge < -0.3 is 14.7 Å². The van der Waals surface area contributed by atoms with E-state index in [4.69, 9.17) is 9.84 Å². The molecule has 0 radical (unpaired) electrons. The second-order valence-electron chi connectivity index (χ2n) is 4.29. The van der Waals surface area contributed by atoms with E-state index in [1.54, 1.807) is 7.11 Å². The van der Waals surface area contributed by atoms with Crippen molar-refractivity contribution < 1.29 is 14.6 Å². The van der Waals surface area contributed by atoms with Crippen LogP contribution >= 0.6 is 0 Å². The molecular formula is C13H21N3O4. The Balaban J connectivity index is 2.92. The summed E-state index contributed by atoms with van der Waals surface area (Å²) in [5.41, 5.74) is -0.0309. The molecule has 7 heteroatoms. The van der Waals surface area contributed by atoms with Crippen LogP contribution in [-0.2, 0) is 11.3 Å². The van der Waals surface area contributed by atoms with Crippen molar-refractivity contribution in [2.45, 2.75) is 19.9 Å². The van der Waals surface area contributed by atoms with Gasteiger partial charge in [0.15, 0.2) is 0 Å². The van der Waals surface area contributed by atoms with Crippen LogP contribution in [0.5, 0.6) is 0 Å². The minimum atomic E-state index is -0.319. The second-order valence-corrected chi connectivity index (χ2v) is 4.29. The predicted octanol–water partition coefficient (Wildman–Crippen LogP) is -0.266. The van der Waals surface area contributed by atoms with Crippen LogP contribution in [0.1, 0.15) is 23.8 Å². The Morgan fingerprint density at radius 2 is 2.20 bits per heavy atom. The van der Waals surface area contributed by atoms with Crippen LogP contribution in [-0.4, -0.2) is 59.1 Å². The highest BCUT2D eigenvalue weighted by Gasteiger charge is 2.17. The van der Waals surface area contributed by atoms with Gasteiger partial charge in [-0.15, -0.1) is 0 Å². The number of nitrogens with zero attached hydrogens (tertiary/aromatic N) is 3. The van der Waals surface area contributed by atoms with Crippen molar-refractivity contribution in [3.8, 4) is 0 Å². The van der Waals surface area contributed by atoms with Gasteiger partial charge in [-0.3, -0.25) is 9.59 Å². The number of methoxy groups -OCH3 is 1. The fourth-order valence-corrected chi connectivity index (χ4v) is 1.73. The average Bonchev–Trinajstić information content (AvgIpc) is 2.45. The third kappa shape index (κ3) is 4.43. The van der Waals surface area contributed by atoms with Gasteiger partial charge >= 0.3 is 0 Å². The largest absolute Gasteiger partial charge is 0.395 e. The van der Waals surface area contributed by atoms with Crippen molar-refractivity contribution >= 4 is 5.91 Å². The first-order valence-corrected chi connectivity index (χ1v) is 6.61. The van der Waals surface area contributed by atoms with Crippen LogP contribution < -0.4 is 5.56 Å². The van der Waals surface area contributed by atoms with Crippen molar-refractivity contribution in [3.63, 3.8) is 0 Å². The Bertz CT molecular complexity index is 487. The molecule has 0 fully saturated rings. The normalized spacial score (nSPS) is 10.6. The van der Waals surface area contributed by atoms with Crippen molar-refractivity contribution in [2.75, 3.05) is 33.4 Å². The van der Waals surface area contributed by atoms with E-state index in [0.29, 0.717) is 19.7 Å². The van der Waals surface area contributed by atoms with Gasteiger partial charge in [-0.2, -0.15) is 5.10 Å². The Morgan fingerprint density at radius 1 is 1.45 bits per heavy atom. The SMILES string of the molecule is CCCn1nc(C(=O)N(CCO)CCOC)ccc1=O. The van der Waals surface area contributed by atoms with Crippen LogP contribution in [0.4, 0.5) is 0 Å². The minimum Gasteiger partial charge on any atom is -0.395 e. The van der Waals surface area contributed by atoms with Crippen molar-refractivity contribution in [2.24, 2.45) is 0 Å². The fourth-order valence-electron chi connectivity index (χ4n) is 1.73. The first kappa shape index (κ1) is 16.3. The van der Waals surface area contributed by atoms with E-state index in [2.05, 4.69) is 5.10 Å². The van der Waals surface area contributed by atoms with E-state index in [1.807, 2.05) is 6.92 Å². The molecule has 0 atom stereocenters. The van der Waals surface area contributed by atoms with Crippen molar-refractivity contribution in [1.82, 2.24) is 14.7 Å². The molecular weight excluding hydrogens is 262 g/mol. The molecule has 0 aromatic carbocycles. The standard InChI is InChI=1S/C13H21N3O4/c1-3-6-16-12(18)5-4-11(14-16)13(19)15(7-9-17)8-10-20-2/h4-5,17H,3,6-10H2,1-2H3. The number of aliphatic hydroxyl groups excluding tert-OH is 1. The number of rotatable bonds is 8. The summed E-state index contributed by atoms with van der Waals surface area (Å²) < 4.78 is 6.21. The third-order valence-electron chi connectivity index (χ3n) is 2.74. The highest BCUT2D eigenvalue weighted by atomic mass is 16.5. The number of hydrogen-bond acceptors (Lipinski definition) is 5. The minimum absolute atomic E-state index is 0.135.